The summed E-state index contributed by atoms with van der Waals surface area (Å²) in [6.07, 6.45) is 3.85. The first-order valence-corrected chi connectivity index (χ1v) is 21.8. The number of aryl methyl sites for hydroxylation is 2. The molecule has 0 saturated heterocycles. The number of aromatic nitrogens is 2. The second kappa shape index (κ2) is 15.8. The van der Waals surface area contributed by atoms with E-state index in [0.29, 0.717) is 0 Å². The minimum absolute atomic E-state index is 1.06. The molecule has 4 nitrogen and oxygen atoms in total. The highest BCUT2D eigenvalue weighted by Crippen LogP contribution is 2.44. The van der Waals surface area contributed by atoms with Crippen molar-refractivity contribution in [1.29, 1.82) is 0 Å². The smallest absolute Gasteiger partial charge is 0.0542 e. The van der Waals surface area contributed by atoms with Gasteiger partial charge in [-0.15, -0.1) is 0 Å². The molecule has 0 aliphatic heterocycles. The first-order valence-electron chi connectivity index (χ1n) is 21.8. The van der Waals surface area contributed by atoms with Crippen molar-refractivity contribution in [2.24, 2.45) is 0 Å². The number of nitrogens with zero attached hydrogens (tertiary/aromatic N) is 4. The lowest BCUT2D eigenvalue weighted by Gasteiger charge is -2.29. The van der Waals surface area contributed by atoms with Gasteiger partial charge in [0, 0.05) is 67.0 Å². The number of anilines is 6. The molecule has 0 aliphatic rings. The Hall–Kier alpha value is -8.34. The molecule has 11 aromatic rings. The first kappa shape index (κ1) is 38.6. The molecule has 64 heavy (non-hydrogen) atoms. The van der Waals surface area contributed by atoms with Crippen molar-refractivity contribution in [2.75, 3.05) is 9.80 Å². The summed E-state index contributed by atoms with van der Waals surface area (Å²) < 4.78 is 4.73. The molecular formula is C60H46N4. The Morgan fingerprint density at radius 2 is 0.672 bits per heavy atom. The Morgan fingerprint density at radius 1 is 0.328 bits per heavy atom. The lowest BCUT2D eigenvalue weighted by Crippen LogP contribution is -2.12. The van der Waals surface area contributed by atoms with Crippen LogP contribution in [0.1, 0.15) is 22.3 Å². The zero-order valence-corrected chi connectivity index (χ0v) is 36.0. The third kappa shape index (κ3) is 6.64. The van der Waals surface area contributed by atoms with E-state index < -0.39 is 0 Å². The van der Waals surface area contributed by atoms with Gasteiger partial charge in [0.2, 0.25) is 0 Å². The van der Waals surface area contributed by atoms with Gasteiger partial charge in [0.05, 0.1) is 22.1 Å². The number of hydrogen-bond donors (Lipinski definition) is 0. The van der Waals surface area contributed by atoms with E-state index in [2.05, 4.69) is 252 Å². The predicted octanol–water partition coefficient (Wildman–Crippen LogP) is 16.7. The van der Waals surface area contributed by atoms with Crippen molar-refractivity contribution in [3.8, 4) is 11.4 Å². The normalized spacial score (nSPS) is 11.4. The molecule has 0 atom stereocenters. The van der Waals surface area contributed by atoms with Crippen molar-refractivity contribution in [3.05, 3.63) is 242 Å². The van der Waals surface area contributed by atoms with Crippen LogP contribution in [0.2, 0.25) is 0 Å². The van der Waals surface area contributed by atoms with Crippen molar-refractivity contribution >= 4 is 89.9 Å². The zero-order chi connectivity index (χ0) is 43.3. The highest BCUT2D eigenvalue weighted by molar-refractivity contribution is 6.12. The maximum absolute atomic E-state index is 4.10. The molecule has 0 N–H and O–H groups in total. The summed E-state index contributed by atoms with van der Waals surface area (Å²) in [6.45, 7) is 12.5. The van der Waals surface area contributed by atoms with E-state index in [0.717, 1.165) is 78.7 Å². The monoisotopic (exact) mass is 822 g/mol. The molecule has 2 heterocycles. The third-order valence-corrected chi connectivity index (χ3v) is 12.4. The minimum atomic E-state index is 1.06. The van der Waals surface area contributed by atoms with Crippen molar-refractivity contribution in [1.82, 2.24) is 9.13 Å². The molecule has 0 bridgehead atoms. The van der Waals surface area contributed by atoms with Crippen LogP contribution in [0.3, 0.4) is 0 Å². The Kier molecular flexibility index (Phi) is 9.55. The molecule has 0 unspecified atom stereocenters. The van der Waals surface area contributed by atoms with Gasteiger partial charge in [0.1, 0.15) is 0 Å². The molecule has 0 fully saturated rings. The fourth-order valence-corrected chi connectivity index (χ4v) is 9.48. The Morgan fingerprint density at radius 3 is 1.05 bits per heavy atom. The Balaban J connectivity index is 1.07. The quantitative estimate of drug-likeness (QED) is 0.137. The highest BCUT2D eigenvalue weighted by Gasteiger charge is 2.21. The number of rotatable bonds is 10. The average molecular weight is 823 g/mol. The van der Waals surface area contributed by atoms with Crippen molar-refractivity contribution < 1.29 is 0 Å². The molecule has 9 aromatic carbocycles. The summed E-state index contributed by atoms with van der Waals surface area (Å²) in [5.41, 5.74) is 18.0. The zero-order valence-electron chi connectivity index (χ0n) is 36.0. The predicted molar refractivity (Wildman–Crippen MR) is 274 cm³/mol. The van der Waals surface area contributed by atoms with Gasteiger partial charge in [-0.1, -0.05) is 98.1 Å². The lowest BCUT2D eigenvalue weighted by atomic mass is 10.1. The van der Waals surface area contributed by atoms with Gasteiger partial charge in [-0.2, -0.15) is 0 Å². The minimum Gasteiger partial charge on any atom is -0.310 e. The molecule has 0 amide bonds. The fourth-order valence-electron chi connectivity index (χ4n) is 9.48. The van der Waals surface area contributed by atoms with Gasteiger partial charge < -0.3 is 18.9 Å². The van der Waals surface area contributed by atoms with Gasteiger partial charge in [-0.25, -0.2) is 0 Å². The van der Waals surface area contributed by atoms with Gasteiger partial charge >= 0.3 is 0 Å². The van der Waals surface area contributed by atoms with Crippen LogP contribution in [0.5, 0.6) is 0 Å². The molecular weight excluding hydrogens is 777 g/mol. The van der Waals surface area contributed by atoms with Crippen LogP contribution in [0.15, 0.2) is 219 Å². The summed E-state index contributed by atoms with van der Waals surface area (Å²) in [7, 11) is 0. The van der Waals surface area contributed by atoms with Gasteiger partial charge in [0.25, 0.3) is 0 Å². The maximum atomic E-state index is 4.10. The van der Waals surface area contributed by atoms with Gasteiger partial charge in [0.15, 0.2) is 0 Å². The summed E-state index contributed by atoms with van der Waals surface area (Å²) in [5, 5.41) is 4.75. The van der Waals surface area contributed by atoms with Crippen LogP contribution in [0.4, 0.5) is 34.1 Å². The van der Waals surface area contributed by atoms with E-state index in [9.17, 15) is 0 Å². The van der Waals surface area contributed by atoms with Crippen LogP contribution in [0, 0.1) is 13.8 Å². The number of fused-ring (bicyclic) bond motifs is 6. The summed E-state index contributed by atoms with van der Waals surface area (Å²) in [6, 6.07) is 74.8. The number of benzene rings is 9. The highest BCUT2D eigenvalue weighted by atomic mass is 15.2. The van der Waals surface area contributed by atoms with Crippen molar-refractivity contribution in [3.63, 3.8) is 0 Å². The van der Waals surface area contributed by atoms with E-state index in [1.807, 2.05) is 12.2 Å². The first-order chi connectivity index (χ1) is 31.4. The Bertz CT molecular complexity index is 3320. The fraction of sp³-hybridized carbons (Fsp3) is 0.0333. The Labute approximate surface area is 374 Å². The average Bonchev–Trinajstić information content (AvgIpc) is 3.84. The van der Waals surface area contributed by atoms with Crippen LogP contribution < -0.4 is 9.80 Å². The van der Waals surface area contributed by atoms with E-state index in [-0.39, 0.29) is 0 Å². The second-order valence-electron chi connectivity index (χ2n) is 16.6. The van der Waals surface area contributed by atoms with E-state index in [4.69, 9.17) is 0 Å². The lowest BCUT2D eigenvalue weighted by molar-refractivity contribution is 1.18. The molecule has 0 saturated carbocycles. The molecule has 4 heteroatoms. The largest absolute Gasteiger partial charge is 0.310 e. The van der Waals surface area contributed by atoms with Crippen LogP contribution in [-0.4, -0.2) is 9.13 Å². The number of para-hydroxylation sites is 2. The molecule has 306 valence electrons. The van der Waals surface area contributed by atoms with Crippen LogP contribution in [-0.2, 0) is 0 Å². The van der Waals surface area contributed by atoms with Crippen LogP contribution >= 0.6 is 0 Å². The molecule has 0 radical (unpaired) electrons. The number of hydrogen-bond acceptors (Lipinski definition) is 2. The topological polar surface area (TPSA) is 16.3 Å². The molecule has 0 spiro atoms. The van der Waals surface area contributed by atoms with Crippen LogP contribution in [0.25, 0.3) is 67.1 Å². The second-order valence-corrected chi connectivity index (χ2v) is 16.6. The summed E-state index contributed by atoms with van der Waals surface area (Å²) in [5.74, 6) is 0. The molecule has 11 rings (SSSR count). The standard InChI is InChI=1S/C60H46N4/c1-5-43-23-31-57-53(37-43)55-39-51(29-33-59(55)63(57)45-17-9-7-10-18-45)61(49-21-13-15-41(3)35-49)47-25-27-48(28-26-47)62(50-22-14-16-42(4)36-50)52-30-34-60-56(40-52)54-38-44(6-2)24-32-58(54)64(60)46-19-11-8-12-20-46/h5-40H,1-2H2,3-4H3. The van der Waals surface area contributed by atoms with Gasteiger partial charge in [-0.05, 0) is 170 Å². The molecule has 0 aliphatic carbocycles. The van der Waals surface area contributed by atoms with Crippen molar-refractivity contribution in [2.45, 2.75) is 13.8 Å². The van der Waals surface area contributed by atoms with E-state index in [1.165, 1.54) is 32.7 Å². The summed E-state index contributed by atoms with van der Waals surface area (Å²) >= 11 is 0. The van der Waals surface area contributed by atoms with Gasteiger partial charge in [-0.3, -0.25) is 0 Å². The van der Waals surface area contributed by atoms with E-state index in [1.54, 1.807) is 0 Å². The van der Waals surface area contributed by atoms with E-state index >= 15 is 0 Å². The summed E-state index contributed by atoms with van der Waals surface area (Å²) in [4.78, 5) is 4.75. The third-order valence-electron chi connectivity index (χ3n) is 12.4. The SMILES string of the molecule is C=Cc1ccc2c(c1)c1cc(N(c3ccc(N(c4cccc(C)c4)c4ccc5c(c4)c4cc(C=C)ccc4n5-c4ccccc4)cc3)c3cccc(C)c3)ccc1n2-c1ccccc1. The maximum Gasteiger partial charge on any atom is 0.0542 e. The molecule has 2 aromatic heterocycles.